The second kappa shape index (κ2) is 5.71. The van der Waals surface area contributed by atoms with Crippen molar-refractivity contribution in [3.63, 3.8) is 0 Å². The Hall–Kier alpha value is -0.120. The van der Waals surface area contributed by atoms with E-state index in [2.05, 4.69) is 35.9 Å². The lowest BCUT2D eigenvalue weighted by molar-refractivity contribution is 0.0426. The molecule has 0 aliphatic carbocycles. The number of nitrogens with zero attached hydrogens (tertiary/aromatic N) is 2. The fourth-order valence-electron chi connectivity index (χ4n) is 4.58. The Morgan fingerprint density at radius 2 is 2.00 bits per heavy atom. The van der Waals surface area contributed by atoms with Crippen LogP contribution in [0, 0.1) is 5.92 Å². The van der Waals surface area contributed by atoms with Crippen molar-refractivity contribution in [1.82, 2.24) is 15.1 Å². The minimum atomic E-state index is 0.713. The lowest BCUT2D eigenvalue weighted by atomic mass is 9.93. The smallest absolute Gasteiger partial charge is 0.0268 e. The third-order valence-corrected chi connectivity index (χ3v) is 5.73. The van der Waals surface area contributed by atoms with Gasteiger partial charge in [-0.25, -0.2) is 0 Å². The van der Waals surface area contributed by atoms with Crippen LogP contribution in [0.2, 0.25) is 0 Å². The predicted octanol–water partition coefficient (Wildman–Crippen LogP) is 1.93. The summed E-state index contributed by atoms with van der Waals surface area (Å²) in [6.45, 7) is 12.3. The summed E-state index contributed by atoms with van der Waals surface area (Å²) in [7, 11) is 0. The molecule has 3 heteroatoms. The van der Waals surface area contributed by atoms with Crippen LogP contribution in [0.3, 0.4) is 0 Å². The zero-order valence-corrected chi connectivity index (χ0v) is 12.9. The molecular formula is C16H31N3. The van der Waals surface area contributed by atoms with Crippen LogP contribution in [0.4, 0.5) is 0 Å². The monoisotopic (exact) mass is 265 g/mol. The van der Waals surface area contributed by atoms with Crippen molar-refractivity contribution >= 4 is 0 Å². The van der Waals surface area contributed by atoms with Crippen LogP contribution in [-0.4, -0.2) is 60.1 Å². The highest BCUT2D eigenvalue weighted by Gasteiger charge is 2.44. The third kappa shape index (κ3) is 2.57. The zero-order valence-electron chi connectivity index (χ0n) is 12.9. The Bertz CT molecular complexity index is 304. The van der Waals surface area contributed by atoms with Gasteiger partial charge in [0.15, 0.2) is 0 Å². The first-order chi connectivity index (χ1) is 9.20. The summed E-state index contributed by atoms with van der Waals surface area (Å²) in [6.07, 6.45) is 5.54. The predicted molar refractivity (Wildman–Crippen MR) is 80.4 cm³/mol. The number of piperazine rings is 1. The normalized spacial score (nSPS) is 41.1. The molecule has 19 heavy (non-hydrogen) atoms. The highest BCUT2D eigenvalue weighted by molar-refractivity contribution is 5.01. The lowest BCUT2D eigenvalue weighted by Gasteiger charge is -2.47. The Kier molecular flexibility index (Phi) is 4.16. The summed E-state index contributed by atoms with van der Waals surface area (Å²) in [5.41, 5.74) is 0. The molecule has 0 saturated carbocycles. The maximum Gasteiger partial charge on any atom is 0.0268 e. The van der Waals surface area contributed by atoms with E-state index in [-0.39, 0.29) is 0 Å². The number of nitrogens with one attached hydrogen (secondary N) is 1. The van der Waals surface area contributed by atoms with Crippen molar-refractivity contribution in [1.29, 1.82) is 0 Å². The molecule has 0 amide bonds. The van der Waals surface area contributed by atoms with Crippen LogP contribution in [0.5, 0.6) is 0 Å². The summed E-state index contributed by atoms with van der Waals surface area (Å²) >= 11 is 0. The maximum absolute atomic E-state index is 3.76. The highest BCUT2D eigenvalue weighted by Crippen LogP contribution is 2.34. The van der Waals surface area contributed by atoms with Gasteiger partial charge < -0.3 is 5.32 Å². The Balaban J connectivity index is 1.74. The first-order valence-electron chi connectivity index (χ1n) is 8.44. The molecule has 0 bridgehead atoms. The van der Waals surface area contributed by atoms with Crippen LogP contribution in [0.1, 0.15) is 46.5 Å². The van der Waals surface area contributed by atoms with Gasteiger partial charge in [-0.1, -0.05) is 20.8 Å². The molecule has 3 nitrogen and oxygen atoms in total. The van der Waals surface area contributed by atoms with Crippen LogP contribution >= 0.6 is 0 Å². The Labute approximate surface area is 118 Å². The molecule has 0 aromatic heterocycles. The summed E-state index contributed by atoms with van der Waals surface area (Å²) in [6, 6.07) is 3.17. The second-order valence-corrected chi connectivity index (χ2v) is 7.12. The molecule has 110 valence electrons. The van der Waals surface area contributed by atoms with Gasteiger partial charge in [0, 0.05) is 43.8 Å². The topological polar surface area (TPSA) is 18.5 Å². The molecule has 0 spiro atoms. The van der Waals surface area contributed by atoms with E-state index in [0.29, 0.717) is 6.04 Å². The molecule has 4 unspecified atom stereocenters. The van der Waals surface area contributed by atoms with E-state index in [4.69, 9.17) is 0 Å². The van der Waals surface area contributed by atoms with E-state index < -0.39 is 0 Å². The van der Waals surface area contributed by atoms with Crippen LogP contribution in [0.15, 0.2) is 0 Å². The van der Waals surface area contributed by atoms with Gasteiger partial charge in [-0.3, -0.25) is 9.80 Å². The highest BCUT2D eigenvalue weighted by atomic mass is 15.3. The van der Waals surface area contributed by atoms with Crippen molar-refractivity contribution in [2.75, 3.05) is 26.2 Å². The largest absolute Gasteiger partial charge is 0.311 e. The van der Waals surface area contributed by atoms with E-state index in [1.54, 1.807) is 0 Å². The van der Waals surface area contributed by atoms with Crippen LogP contribution in [0.25, 0.3) is 0 Å². The van der Waals surface area contributed by atoms with E-state index in [1.165, 1.54) is 51.9 Å². The molecule has 3 heterocycles. The standard InChI is InChI=1S/C16H31N3/c1-4-13-11-19(16(10-17-13)12(2)3)15-7-9-18-8-5-6-14(15)18/h12-17H,4-11H2,1-3H3. The van der Waals surface area contributed by atoms with Crippen LogP contribution in [-0.2, 0) is 0 Å². The summed E-state index contributed by atoms with van der Waals surface area (Å²) in [5, 5.41) is 3.76. The molecule has 1 N–H and O–H groups in total. The van der Waals surface area contributed by atoms with Gasteiger partial charge in [0.25, 0.3) is 0 Å². The first kappa shape index (κ1) is 13.8. The van der Waals surface area contributed by atoms with Crippen molar-refractivity contribution in [3.8, 4) is 0 Å². The van der Waals surface area contributed by atoms with Crippen LogP contribution < -0.4 is 5.32 Å². The van der Waals surface area contributed by atoms with E-state index >= 15 is 0 Å². The fraction of sp³-hybridized carbons (Fsp3) is 1.00. The minimum Gasteiger partial charge on any atom is -0.311 e. The second-order valence-electron chi connectivity index (χ2n) is 7.12. The molecule has 0 radical (unpaired) electrons. The quantitative estimate of drug-likeness (QED) is 0.841. The molecule has 3 aliphatic rings. The molecule has 3 saturated heterocycles. The summed E-state index contributed by atoms with van der Waals surface area (Å²) in [5.74, 6) is 0.765. The minimum absolute atomic E-state index is 0.713. The molecule has 0 aromatic carbocycles. The molecule has 3 aliphatic heterocycles. The van der Waals surface area contributed by atoms with Crippen molar-refractivity contribution in [3.05, 3.63) is 0 Å². The third-order valence-electron chi connectivity index (χ3n) is 5.73. The van der Waals surface area contributed by atoms with E-state index in [9.17, 15) is 0 Å². The zero-order chi connectivity index (χ0) is 13.4. The Morgan fingerprint density at radius 1 is 1.16 bits per heavy atom. The average molecular weight is 265 g/mol. The van der Waals surface area contributed by atoms with Gasteiger partial charge in [-0.2, -0.15) is 0 Å². The van der Waals surface area contributed by atoms with Gasteiger partial charge in [-0.15, -0.1) is 0 Å². The Morgan fingerprint density at radius 3 is 2.74 bits per heavy atom. The SMILES string of the molecule is CCC1CN(C2CCN3CCCC23)C(C(C)C)CN1. The van der Waals surface area contributed by atoms with Crippen molar-refractivity contribution in [2.24, 2.45) is 5.92 Å². The average Bonchev–Trinajstić information content (AvgIpc) is 3.00. The van der Waals surface area contributed by atoms with Gasteiger partial charge in [0.1, 0.15) is 0 Å². The number of hydrogen-bond donors (Lipinski definition) is 1. The molecule has 4 atom stereocenters. The van der Waals surface area contributed by atoms with Gasteiger partial charge >= 0.3 is 0 Å². The van der Waals surface area contributed by atoms with E-state index in [1.807, 2.05) is 0 Å². The summed E-state index contributed by atoms with van der Waals surface area (Å²) in [4.78, 5) is 5.65. The van der Waals surface area contributed by atoms with Gasteiger partial charge in [-0.05, 0) is 38.1 Å². The molecule has 3 fully saturated rings. The fourth-order valence-corrected chi connectivity index (χ4v) is 4.58. The number of hydrogen-bond acceptors (Lipinski definition) is 3. The van der Waals surface area contributed by atoms with E-state index in [0.717, 1.165) is 24.0 Å². The number of fused-ring (bicyclic) bond motifs is 1. The molecule has 0 aromatic rings. The molecule has 3 rings (SSSR count). The first-order valence-corrected chi connectivity index (χ1v) is 8.44. The summed E-state index contributed by atoms with van der Waals surface area (Å²) < 4.78 is 0. The number of rotatable bonds is 3. The lowest BCUT2D eigenvalue weighted by Crippen LogP contribution is -2.62. The van der Waals surface area contributed by atoms with Crippen molar-refractivity contribution < 1.29 is 0 Å². The molecular weight excluding hydrogens is 234 g/mol. The van der Waals surface area contributed by atoms with Crippen molar-refractivity contribution in [2.45, 2.75) is 70.6 Å². The van der Waals surface area contributed by atoms with Gasteiger partial charge in [0.05, 0.1) is 0 Å². The van der Waals surface area contributed by atoms with Gasteiger partial charge in [0.2, 0.25) is 0 Å². The maximum atomic E-state index is 3.76.